The number of amides is 6. The van der Waals surface area contributed by atoms with Crippen molar-refractivity contribution in [3.63, 3.8) is 0 Å². The van der Waals surface area contributed by atoms with Crippen LogP contribution >= 0.6 is 0 Å². The summed E-state index contributed by atoms with van der Waals surface area (Å²) in [5.41, 5.74) is 5.50. The Bertz CT molecular complexity index is 1270. The summed E-state index contributed by atoms with van der Waals surface area (Å²) >= 11 is 0. The number of carboxylic acid groups (broad SMARTS) is 1. The van der Waals surface area contributed by atoms with Crippen LogP contribution in [0.15, 0.2) is 0 Å². The van der Waals surface area contributed by atoms with Crippen LogP contribution in [0.25, 0.3) is 0 Å². The molecule has 0 unspecified atom stereocenters. The van der Waals surface area contributed by atoms with Crippen molar-refractivity contribution < 1.29 is 54.0 Å². The molecule has 0 aliphatic carbocycles. The first-order chi connectivity index (χ1) is 24.9. The van der Waals surface area contributed by atoms with Crippen molar-refractivity contribution in [2.75, 3.05) is 19.6 Å². The first-order valence-corrected chi connectivity index (χ1v) is 18.4. The van der Waals surface area contributed by atoms with Gasteiger partial charge in [-0.05, 0) is 91.1 Å². The van der Waals surface area contributed by atoms with Crippen molar-refractivity contribution >= 4 is 41.4 Å². The summed E-state index contributed by atoms with van der Waals surface area (Å²) in [7, 11) is 0. The van der Waals surface area contributed by atoms with Crippen LogP contribution in [-0.4, -0.2) is 147 Å². The Hall–Kier alpha value is -3.91. The van der Waals surface area contributed by atoms with Crippen LogP contribution in [0.3, 0.4) is 0 Å². The minimum absolute atomic E-state index is 0.0709. The Morgan fingerprint density at radius 2 is 1.30 bits per heavy atom. The molecule has 2 aliphatic rings. The molecule has 0 radical (unpaired) electrons. The van der Waals surface area contributed by atoms with Crippen LogP contribution in [0.2, 0.25) is 0 Å². The van der Waals surface area contributed by atoms with Crippen LogP contribution in [0, 0.1) is 5.92 Å². The number of carboxylic acids is 1. The van der Waals surface area contributed by atoms with Crippen molar-refractivity contribution in [2.24, 2.45) is 11.7 Å². The van der Waals surface area contributed by atoms with Crippen molar-refractivity contribution in [1.82, 2.24) is 36.8 Å². The SMILES string of the molecule is CC(C)C[C@H](NC(=O)[C@@H]1CCCN1C(=O)[C@@H](NC(=O)[C@@H](NC(=O)[C@@H](NC(=O)[C@@H]1CCCN1)[C@@H](C)O)[C@@H](C)O)[C@@H](C)O)C(=O)N[C@@H](CCCCN)C(=O)O. The fourth-order valence-corrected chi connectivity index (χ4v) is 6.32. The molecule has 19 nitrogen and oxygen atoms in total. The molecule has 6 amide bonds. The minimum atomic E-state index is -1.68. The second-order valence-corrected chi connectivity index (χ2v) is 14.4. The number of carbonyl (C=O) groups is 7. The number of nitrogens with one attached hydrogen (secondary N) is 6. The van der Waals surface area contributed by atoms with Gasteiger partial charge < -0.3 is 63.0 Å². The summed E-state index contributed by atoms with van der Waals surface area (Å²) in [5, 5.41) is 56.2. The molecule has 2 fully saturated rings. The Balaban J connectivity index is 2.18. The molecule has 53 heavy (non-hydrogen) atoms. The lowest BCUT2D eigenvalue weighted by Crippen LogP contribution is -2.64. The van der Waals surface area contributed by atoms with Gasteiger partial charge in [-0.2, -0.15) is 0 Å². The summed E-state index contributed by atoms with van der Waals surface area (Å²) in [6, 6.07) is -8.77. The smallest absolute Gasteiger partial charge is 0.326 e. The average Bonchev–Trinajstić information content (AvgIpc) is 3.80. The van der Waals surface area contributed by atoms with Crippen LogP contribution in [0.4, 0.5) is 0 Å². The normalized spacial score (nSPS) is 21.7. The highest BCUT2D eigenvalue weighted by Crippen LogP contribution is 2.21. The molecule has 0 aromatic heterocycles. The maximum Gasteiger partial charge on any atom is 0.326 e. The van der Waals surface area contributed by atoms with E-state index in [1.165, 1.54) is 20.8 Å². The molecule has 2 saturated heterocycles. The molecule has 0 spiro atoms. The lowest BCUT2D eigenvalue weighted by atomic mass is 10.0. The van der Waals surface area contributed by atoms with Crippen LogP contribution in [-0.2, 0) is 33.6 Å². The van der Waals surface area contributed by atoms with Gasteiger partial charge in [0.25, 0.3) is 0 Å². The molecule has 12 N–H and O–H groups in total. The quantitative estimate of drug-likeness (QED) is 0.0509. The van der Waals surface area contributed by atoms with Gasteiger partial charge in [0, 0.05) is 6.54 Å². The van der Waals surface area contributed by atoms with Crippen molar-refractivity contribution in [2.45, 2.75) is 147 Å². The number of hydrogen-bond donors (Lipinski definition) is 11. The molecule has 2 heterocycles. The van der Waals surface area contributed by atoms with E-state index in [9.17, 15) is 54.0 Å². The highest BCUT2D eigenvalue weighted by molar-refractivity contribution is 5.97. The van der Waals surface area contributed by atoms with Crippen LogP contribution in [0.1, 0.15) is 86.0 Å². The topological polar surface area (TPSA) is 302 Å². The highest BCUT2D eigenvalue weighted by atomic mass is 16.4. The van der Waals surface area contributed by atoms with Gasteiger partial charge in [0.1, 0.15) is 36.3 Å². The van der Waals surface area contributed by atoms with Crippen molar-refractivity contribution in [1.29, 1.82) is 0 Å². The Kier molecular flexibility index (Phi) is 18.5. The van der Waals surface area contributed by atoms with E-state index in [0.717, 1.165) is 11.3 Å². The van der Waals surface area contributed by atoms with Gasteiger partial charge in [-0.15, -0.1) is 0 Å². The third-order valence-electron chi connectivity index (χ3n) is 9.29. The van der Waals surface area contributed by atoms with Crippen molar-refractivity contribution in [3.8, 4) is 0 Å². The summed E-state index contributed by atoms with van der Waals surface area (Å²) in [4.78, 5) is 92.8. The second kappa shape index (κ2) is 21.7. The molecule has 2 rings (SSSR count). The Morgan fingerprint density at radius 1 is 0.717 bits per heavy atom. The summed E-state index contributed by atoms with van der Waals surface area (Å²) in [6.07, 6.45) is -1.20. The van der Waals surface area contributed by atoms with Gasteiger partial charge in [0.2, 0.25) is 35.4 Å². The number of aliphatic carboxylic acids is 1. The van der Waals surface area contributed by atoms with Crippen LogP contribution in [0.5, 0.6) is 0 Å². The van der Waals surface area contributed by atoms with Gasteiger partial charge in [-0.3, -0.25) is 28.8 Å². The lowest BCUT2D eigenvalue weighted by Gasteiger charge is -2.32. The monoisotopic (exact) mass is 756 g/mol. The number of carbonyl (C=O) groups excluding carboxylic acids is 6. The van der Waals surface area contributed by atoms with Gasteiger partial charge >= 0.3 is 5.97 Å². The van der Waals surface area contributed by atoms with E-state index in [4.69, 9.17) is 5.73 Å². The fourth-order valence-electron chi connectivity index (χ4n) is 6.32. The molecule has 0 bridgehead atoms. The molecule has 10 atom stereocenters. The predicted molar refractivity (Wildman–Crippen MR) is 190 cm³/mol. The predicted octanol–water partition coefficient (Wildman–Crippen LogP) is -3.44. The highest BCUT2D eigenvalue weighted by Gasteiger charge is 2.42. The van der Waals surface area contributed by atoms with Gasteiger partial charge in [-0.1, -0.05) is 13.8 Å². The molecular weight excluding hydrogens is 696 g/mol. The fraction of sp³-hybridized carbons (Fsp3) is 0.794. The molecule has 2 aliphatic heterocycles. The minimum Gasteiger partial charge on any atom is -0.480 e. The maximum atomic E-state index is 13.8. The Labute approximate surface area is 309 Å². The zero-order valence-electron chi connectivity index (χ0n) is 31.3. The third kappa shape index (κ3) is 13.8. The van der Waals surface area contributed by atoms with Crippen molar-refractivity contribution in [3.05, 3.63) is 0 Å². The first-order valence-electron chi connectivity index (χ1n) is 18.4. The number of nitrogens with zero attached hydrogens (tertiary/aromatic N) is 1. The lowest BCUT2D eigenvalue weighted by molar-refractivity contribution is -0.145. The number of aliphatic hydroxyl groups is 3. The zero-order valence-corrected chi connectivity index (χ0v) is 31.3. The second-order valence-electron chi connectivity index (χ2n) is 14.4. The van der Waals surface area contributed by atoms with E-state index >= 15 is 0 Å². The van der Waals surface area contributed by atoms with Crippen LogP contribution < -0.4 is 37.6 Å². The molecule has 0 saturated carbocycles. The van der Waals surface area contributed by atoms with E-state index in [1.807, 2.05) is 13.8 Å². The van der Waals surface area contributed by atoms with E-state index in [1.54, 1.807) is 0 Å². The zero-order chi connectivity index (χ0) is 40.0. The van der Waals surface area contributed by atoms with E-state index in [-0.39, 0.29) is 31.7 Å². The molecule has 0 aromatic rings. The van der Waals surface area contributed by atoms with Gasteiger partial charge in [-0.25, -0.2) is 4.79 Å². The van der Waals surface area contributed by atoms with E-state index in [2.05, 4.69) is 31.9 Å². The Morgan fingerprint density at radius 3 is 1.81 bits per heavy atom. The van der Waals surface area contributed by atoms with E-state index in [0.29, 0.717) is 38.8 Å². The molecule has 0 aromatic carbocycles. The number of aliphatic hydroxyl groups excluding tert-OH is 3. The average molecular weight is 757 g/mol. The molecule has 302 valence electrons. The third-order valence-corrected chi connectivity index (χ3v) is 9.29. The number of hydrogen-bond acceptors (Lipinski definition) is 12. The largest absolute Gasteiger partial charge is 0.480 e. The standard InChI is InChI=1S/C34H60N8O11/c1-17(2)16-23(29(47)37-22(34(52)53)10-6-7-13-35)38-30(48)24-12-9-15-42(24)33(51)27(20(5)45)41-32(50)26(19(4)44)40-31(49)25(18(3)43)39-28(46)21-11-8-14-36-21/h17-27,36,43-45H,6-16,35H2,1-5H3,(H,37,47)(H,38,48)(H,39,46)(H,40,49)(H,41,50)(H,52,53)/t18-,19-,20-,21+,22+,23+,24+,25+,26+,27+/m1/s1. The number of rotatable bonds is 21. The van der Waals surface area contributed by atoms with Gasteiger partial charge in [0.15, 0.2) is 0 Å². The molecule has 19 heteroatoms. The van der Waals surface area contributed by atoms with E-state index < -0.39 is 102 Å². The number of likely N-dealkylation sites (tertiary alicyclic amines) is 1. The molecular formula is C34H60N8O11. The summed E-state index contributed by atoms with van der Waals surface area (Å²) < 4.78 is 0. The summed E-state index contributed by atoms with van der Waals surface area (Å²) in [5.74, 6) is -6.09. The number of unbranched alkanes of at least 4 members (excludes halogenated alkanes) is 1. The number of nitrogens with two attached hydrogens (primary N) is 1. The maximum absolute atomic E-state index is 13.8. The first kappa shape index (κ1) is 45.2. The summed E-state index contributed by atoms with van der Waals surface area (Å²) in [6.45, 7) is 8.39. The van der Waals surface area contributed by atoms with Gasteiger partial charge in [0.05, 0.1) is 24.4 Å².